The smallest absolute Gasteiger partial charge is 0.116 e. The fourth-order valence-corrected chi connectivity index (χ4v) is 3.72. The molecule has 0 bridgehead atoms. The summed E-state index contributed by atoms with van der Waals surface area (Å²) >= 11 is 0. The summed E-state index contributed by atoms with van der Waals surface area (Å²) in [6.45, 7) is 2.28. The van der Waals surface area contributed by atoms with Crippen LogP contribution >= 0.6 is 0 Å². The first-order chi connectivity index (χ1) is 14.9. The third-order valence-electron chi connectivity index (χ3n) is 5.51. The normalized spacial score (nSPS) is 11.5. The predicted molar refractivity (Wildman–Crippen MR) is 126 cm³/mol. The van der Waals surface area contributed by atoms with Gasteiger partial charge in [0.15, 0.2) is 0 Å². The van der Waals surface area contributed by atoms with Crippen molar-refractivity contribution in [1.29, 1.82) is 0 Å². The lowest BCUT2D eigenvalue weighted by Gasteiger charge is -2.03. The van der Waals surface area contributed by atoms with Gasteiger partial charge in [-0.15, -0.1) is 5.11 Å². The first-order valence-corrected chi connectivity index (χ1v) is 11.6. The molecule has 30 heavy (non-hydrogen) atoms. The molecule has 3 rings (SSSR count). The quantitative estimate of drug-likeness (QED) is 0.212. The van der Waals surface area contributed by atoms with Crippen LogP contribution in [0.25, 0.3) is 11.0 Å². The van der Waals surface area contributed by atoms with Crippen molar-refractivity contribution < 1.29 is 0 Å². The molecule has 0 unspecified atom stereocenters. The molecule has 1 aromatic heterocycles. The summed E-state index contributed by atoms with van der Waals surface area (Å²) in [5.41, 5.74) is 4.60. The average Bonchev–Trinajstić information content (AvgIpc) is 2.79. The van der Waals surface area contributed by atoms with Gasteiger partial charge in [0, 0.05) is 12.4 Å². The molecule has 0 saturated heterocycles. The van der Waals surface area contributed by atoms with E-state index in [4.69, 9.17) is 0 Å². The highest BCUT2D eigenvalue weighted by molar-refractivity contribution is 5.85. The molecule has 0 aliphatic carbocycles. The van der Waals surface area contributed by atoms with Crippen molar-refractivity contribution in [3.8, 4) is 0 Å². The van der Waals surface area contributed by atoms with Gasteiger partial charge in [-0.1, -0.05) is 82.9 Å². The Morgan fingerprint density at radius 1 is 0.667 bits per heavy atom. The second kappa shape index (κ2) is 12.8. The average molecular weight is 403 g/mol. The van der Waals surface area contributed by atoms with Crippen LogP contribution in [0.5, 0.6) is 0 Å². The highest BCUT2D eigenvalue weighted by Crippen LogP contribution is 2.25. The van der Waals surface area contributed by atoms with Gasteiger partial charge in [-0.05, 0) is 42.7 Å². The van der Waals surface area contributed by atoms with Gasteiger partial charge in [-0.2, -0.15) is 5.11 Å². The molecule has 0 N–H and O–H groups in total. The van der Waals surface area contributed by atoms with E-state index < -0.39 is 0 Å². The summed E-state index contributed by atoms with van der Waals surface area (Å²) in [5, 5.41) is 8.77. The molecule has 158 valence electrons. The SMILES string of the molecule is CCCCCCCCCCCCc1ccc(N=Nc2cccc3nccnc23)cc1. The largest absolute Gasteiger partial charge is 0.253 e. The summed E-state index contributed by atoms with van der Waals surface area (Å²) in [7, 11) is 0. The molecule has 0 fully saturated rings. The Hall–Kier alpha value is -2.62. The molecule has 4 nitrogen and oxygen atoms in total. The summed E-state index contributed by atoms with van der Waals surface area (Å²) < 4.78 is 0. The highest BCUT2D eigenvalue weighted by atomic mass is 15.1. The molecule has 1 heterocycles. The van der Waals surface area contributed by atoms with Crippen molar-refractivity contribution in [2.45, 2.75) is 77.6 Å². The van der Waals surface area contributed by atoms with Crippen LogP contribution < -0.4 is 0 Å². The van der Waals surface area contributed by atoms with Gasteiger partial charge in [-0.3, -0.25) is 9.97 Å². The van der Waals surface area contributed by atoms with E-state index in [1.165, 1.54) is 69.8 Å². The molecule has 0 radical (unpaired) electrons. The molecule has 0 aliphatic heterocycles. The molecule has 0 atom stereocenters. The van der Waals surface area contributed by atoms with Crippen molar-refractivity contribution in [1.82, 2.24) is 9.97 Å². The van der Waals surface area contributed by atoms with Crippen LogP contribution in [0.4, 0.5) is 11.4 Å². The van der Waals surface area contributed by atoms with Crippen molar-refractivity contribution in [2.75, 3.05) is 0 Å². The zero-order chi connectivity index (χ0) is 20.9. The van der Waals surface area contributed by atoms with E-state index in [0.29, 0.717) is 0 Å². The van der Waals surface area contributed by atoms with Crippen molar-refractivity contribution in [2.24, 2.45) is 10.2 Å². The fourth-order valence-electron chi connectivity index (χ4n) is 3.72. The topological polar surface area (TPSA) is 50.5 Å². The molecule has 4 heteroatoms. The third kappa shape index (κ3) is 7.33. The van der Waals surface area contributed by atoms with E-state index in [1.807, 2.05) is 30.3 Å². The lowest BCUT2D eigenvalue weighted by molar-refractivity contribution is 0.556. The van der Waals surface area contributed by atoms with Crippen molar-refractivity contribution >= 4 is 22.4 Å². The van der Waals surface area contributed by atoms with Gasteiger partial charge < -0.3 is 0 Å². The van der Waals surface area contributed by atoms with Gasteiger partial charge in [0.25, 0.3) is 0 Å². The van der Waals surface area contributed by atoms with Crippen LogP contribution in [-0.2, 0) is 6.42 Å². The van der Waals surface area contributed by atoms with E-state index in [-0.39, 0.29) is 0 Å². The van der Waals surface area contributed by atoms with Crippen LogP contribution in [0.1, 0.15) is 76.7 Å². The van der Waals surface area contributed by atoms with Gasteiger partial charge in [0.2, 0.25) is 0 Å². The van der Waals surface area contributed by atoms with Crippen LogP contribution in [0.15, 0.2) is 65.1 Å². The molecular formula is C26H34N4. The molecule has 0 aliphatic rings. The maximum Gasteiger partial charge on any atom is 0.116 e. The lowest BCUT2D eigenvalue weighted by atomic mass is 10.0. The van der Waals surface area contributed by atoms with E-state index in [9.17, 15) is 0 Å². The minimum Gasteiger partial charge on any atom is -0.253 e. The number of hydrogen-bond acceptors (Lipinski definition) is 4. The standard InChI is InChI=1S/C26H34N4/c1-2-3-4-5-6-7-8-9-10-11-13-22-16-18-23(19-17-22)29-30-25-15-12-14-24-26(25)28-21-20-27-24/h12,14-21H,2-11,13H2,1H3. The number of hydrogen-bond donors (Lipinski definition) is 0. The Balaban J connectivity index is 1.37. The Kier molecular flexibility index (Phi) is 9.45. The van der Waals surface area contributed by atoms with Gasteiger partial charge in [0.05, 0.1) is 11.2 Å². The summed E-state index contributed by atoms with van der Waals surface area (Å²) in [5.74, 6) is 0. The molecule has 3 aromatic rings. The van der Waals surface area contributed by atoms with Gasteiger partial charge in [-0.25, -0.2) is 0 Å². The first-order valence-electron chi connectivity index (χ1n) is 11.6. The Morgan fingerprint density at radius 3 is 2.07 bits per heavy atom. The molecular weight excluding hydrogens is 368 g/mol. The van der Waals surface area contributed by atoms with Crippen molar-refractivity contribution in [3.05, 3.63) is 60.4 Å². The second-order valence-electron chi connectivity index (χ2n) is 8.00. The monoisotopic (exact) mass is 402 g/mol. The number of aryl methyl sites for hydroxylation is 1. The van der Waals surface area contributed by atoms with Crippen LogP contribution in [0, 0.1) is 0 Å². The second-order valence-corrected chi connectivity index (χ2v) is 8.00. The molecule has 0 saturated carbocycles. The number of unbranched alkanes of at least 4 members (excludes halogenated alkanes) is 9. The van der Waals surface area contributed by atoms with E-state index in [2.05, 4.69) is 39.3 Å². The number of nitrogens with zero attached hydrogens (tertiary/aromatic N) is 4. The maximum absolute atomic E-state index is 4.38. The summed E-state index contributed by atoms with van der Waals surface area (Å²) in [4.78, 5) is 8.68. The van der Waals surface area contributed by atoms with E-state index in [1.54, 1.807) is 12.4 Å². The minimum absolute atomic E-state index is 0.745. The number of rotatable bonds is 13. The number of benzene rings is 2. The predicted octanol–water partition coefficient (Wildman–Crippen LogP) is 8.51. The Labute approximate surface area is 180 Å². The number of azo groups is 1. The molecule has 0 spiro atoms. The summed E-state index contributed by atoms with van der Waals surface area (Å²) in [6, 6.07) is 14.2. The summed E-state index contributed by atoms with van der Waals surface area (Å²) in [6.07, 6.45) is 18.3. The minimum atomic E-state index is 0.745. The lowest BCUT2D eigenvalue weighted by Crippen LogP contribution is -1.86. The highest BCUT2D eigenvalue weighted by Gasteiger charge is 2.01. The zero-order valence-electron chi connectivity index (χ0n) is 18.3. The van der Waals surface area contributed by atoms with Crippen LogP contribution in [-0.4, -0.2) is 9.97 Å². The van der Waals surface area contributed by atoms with Gasteiger partial charge in [0.1, 0.15) is 11.2 Å². The number of aromatic nitrogens is 2. The van der Waals surface area contributed by atoms with E-state index >= 15 is 0 Å². The zero-order valence-corrected chi connectivity index (χ0v) is 18.3. The molecule has 0 amide bonds. The Morgan fingerprint density at radius 2 is 1.33 bits per heavy atom. The third-order valence-corrected chi connectivity index (χ3v) is 5.51. The van der Waals surface area contributed by atoms with Crippen LogP contribution in [0.3, 0.4) is 0 Å². The van der Waals surface area contributed by atoms with Crippen molar-refractivity contribution in [3.63, 3.8) is 0 Å². The maximum atomic E-state index is 4.38. The molecule has 2 aromatic carbocycles. The van der Waals surface area contributed by atoms with E-state index in [0.717, 1.165) is 28.8 Å². The first kappa shape index (κ1) is 22.1. The van der Waals surface area contributed by atoms with Gasteiger partial charge >= 0.3 is 0 Å². The van der Waals surface area contributed by atoms with Crippen LogP contribution in [0.2, 0.25) is 0 Å². The number of para-hydroxylation sites is 1. The Bertz CT molecular complexity index is 897. The fraction of sp³-hybridized carbons (Fsp3) is 0.462. The number of fused-ring (bicyclic) bond motifs is 1.